The Morgan fingerprint density at radius 3 is 2.63 bits per heavy atom. The second kappa shape index (κ2) is 11.0. The number of nitrogens with one attached hydrogen (secondary N) is 1. The Morgan fingerprint density at radius 2 is 1.94 bits per heavy atom. The summed E-state index contributed by atoms with van der Waals surface area (Å²) in [4.78, 5) is 31.0. The summed E-state index contributed by atoms with van der Waals surface area (Å²) in [7, 11) is 4.94. The van der Waals surface area contributed by atoms with Gasteiger partial charge < -0.3 is 19.4 Å². The van der Waals surface area contributed by atoms with Gasteiger partial charge in [-0.15, -0.1) is 0 Å². The highest BCUT2D eigenvalue weighted by Crippen LogP contribution is 2.30. The molecule has 4 aromatic rings. The van der Waals surface area contributed by atoms with Crippen LogP contribution in [-0.2, 0) is 23.1 Å². The molecule has 0 saturated heterocycles. The smallest absolute Gasteiger partial charge is 0.278 e. The van der Waals surface area contributed by atoms with E-state index in [0.717, 1.165) is 11.1 Å². The van der Waals surface area contributed by atoms with Crippen LogP contribution in [0.3, 0.4) is 0 Å². The van der Waals surface area contributed by atoms with Gasteiger partial charge >= 0.3 is 0 Å². The van der Waals surface area contributed by atoms with Crippen LogP contribution in [0.25, 0.3) is 22.2 Å². The molecule has 182 valence electrons. The van der Waals surface area contributed by atoms with Crippen molar-refractivity contribution in [2.24, 2.45) is 7.05 Å². The van der Waals surface area contributed by atoms with Gasteiger partial charge in [0.25, 0.3) is 5.56 Å². The number of carbonyl (C=O) groups is 1. The van der Waals surface area contributed by atoms with E-state index in [4.69, 9.17) is 26.1 Å². The molecule has 2 aromatic heterocycles. The number of methoxy groups -OCH3 is 2. The lowest BCUT2D eigenvalue weighted by molar-refractivity contribution is -0.113. The maximum absolute atomic E-state index is 13.5. The zero-order valence-electron chi connectivity index (χ0n) is 19.6. The van der Waals surface area contributed by atoms with Gasteiger partial charge in [0.2, 0.25) is 5.91 Å². The standard InChI is InChI=1S/C25H25ClN4O4S/c1-29-14-18(16-7-5-4-6-8-16)22-23(29)24(32)30(11-12-33-2)25(28-22)35-15-21(31)27-17-9-10-20(34-3)19(26)13-17/h4-10,13-14H,11-12,15H2,1-3H3,(H,27,31). The van der Waals surface area contributed by atoms with Crippen molar-refractivity contribution in [2.75, 3.05) is 31.9 Å². The van der Waals surface area contributed by atoms with E-state index in [-0.39, 0.29) is 17.2 Å². The fourth-order valence-electron chi connectivity index (χ4n) is 3.74. The van der Waals surface area contributed by atoms with Crippen LogP contribution in [0.4, 0.5) is 5.69 Å². The molecule has 0 spiro atoms. The minimum absolute atomic E-state index is 0.0576. The van der Waals surface area contributed by atoms with Gasteiger partial charge in [-0.2, -0.15) is 0 Å². The van der Waals surface area contributed by atoms with Crippen LogP contribution in [0.15, 0.2) is 64.7 Å². The largest absolute Gasteiger partial charge is 0.495 e. The van der Waals surface area contributed by atoms with Gasteiger partial charge in [-0.25, -0.2) is 4.98 Å². The molecule has 0 aliphatic carbocycles. The maximum Gasteiger partial charge on any atom is 0.278 e. The van der Waals surface area contributed by atoms with Crippen molar-refractivity contribution in [2.45, 2.75) is 11.7 Å². The first kappa shape index (κ1) is 24.8. The lowest BCUT2D eigenvalue weighted by Gasteiger charge is -2.13. The number of halogens is 1. The molecule has 1 N–H and O–H groups in total. The molecule has 0 radical (unpaired) electrons. The van der Waals surface area contributed by atoms with Crippen molar-refractivity contribution < 1.29 is 14.3 Å². The van der Waals surface area contributed by atoms with Crippen LogP contribution in [-0.4, -0.2) is 46.6 Å². The summed E-state index contributed by atoms with van der Waals surface area (Å²) in [6.07, 6.45) is 1.91. The van der Waals surface area contributed by atoms with Gasteiger partial charge in [0.1, 0.15) is 16.8 Å². The molecule has 2 heterocycles. The van der Waals surface area contributed by atoms with E-state index in [0.29, 0.717) is 45.8 Å². The number of ether oxygens (including phenoxy) is 2. The van der Waals surface area contributed by atoms with Crippen molar-refractivity contribution in [3.05, 3.63) is 70.1 Å². The topological polar surface area (TPSA) is 87.4 Å². The Bertz CT molecular complexity index is 1420. The molecule has 0 saturated carbocycles. The van der Waals surface area contributed by atoms with E-state index in [1.54, 1.807) is 34.4 Å². The molecule has 0 aliphatic heterocycles. The van der Waals surface area contributed by atoms with Crippen LogP contribution in [0.1, 0.15) is 0 Å². The summed E-state index contributed by atoms with van der Waals surface area (Å²) >= 11 is 7.35. The second-order valence-electron chi connectivity index (χ2n) is 7.75. The quantitative estimate of drug-likeness (QED) is 0.263. The highest BCUT2D eigenvalue weighted by atomic mass is 35.5. The third kappa shape index (κ3) is 5.37. The average Bonchev–Trinajstić information content (AvgIpc) is 3.19. The van der Waals surface area contributed by atoms with Crippen molar-refractivity contribution >= 4 is 46.0 Å². The average molecular weight is 513 g/mol. The minimum atomic E-state index is -0.250. The summed E-state index contributed by atoms with van der Waals surface area (Å²) in [5, 5.41) is 3.67. The van der Waals surface area contributed by atoms with Crippen molar-refractivity contribution in [3.63, 3.8) is 0 Å². The van der Waals surface area contributed by atoms with Crippen molar-refractivity contribution in [1.82, 2.24) is 14.1 Å². The number of thioether (sulfide) groups is 1. The van der Waals surface area contributed by atoms with E-state index in [1.807, 2.05) is 43.6 Å². The second-order valence-corrected chi connectivity index (χ2v) is 9.10. The Hall–Kier alpha value is -3.27. The van der Waals surface area contributed by atoms with Crippen molar-refractivity contribution in [1.29, 1.82) is 0 Å². The van der Waals surface area contributed by atoms with Gasteiger partial charge in [0.05, 0.1) is 31.0 Å². The van der Waals surface area contributed by atoms with Crippen LogP contribution in [0.2, 0.25) is 5.02 Å². The number of amides is 1. The number of hydrogen-bond acceptors (Lipinski definition) is 6. The van der Waals surface area contributed by atoms with Gasteiger partial charge in [-0.05, 0) is 23.8 Å². The summed E-state index contributed by atoms with van der Waals surface area (Å²) in [5.41, 5.74) is 3.30. The molecule has 35 heavy (non-hydrogen) atoms. The van der Waals surface area contributed by atoms with Gasteiger partial charge in [-0.3, -0.25) is 14.2 Å². The summed E-state index contributed by atoms with van der Waals surface area (Å²) < 4.78 is 13.7. The van der Waals surface area contributed by atoms with Crippen LogP contribution >= 0.6 is 23.4 Å². The Labute approximate surface area is 211 Å². The lowest BCUT2D eigenvalue weighted by Crippen LogP contribution is -2.27. The van der Waals surface area contributed by atoms with E-state index < -0.39 is 0 Å². The summed E-state index contributed by atoms with van der Waals surface area (Å²) in [6.45, 7) is 0.662. The molecule has 0 unspecified atom stereocenters. The molecular formula is C25H25ClN4O4S. The Kier molecular flexibility index (Phi) is 7.80. The molecule has 2 aromatic carbocycles. The first-order valence-electron chi connectivity index (χ1n) is 10.8. The fraction of sp³-hybridized carbons (Fsp3) is 0.240. The third-order valence-corrected chi connectivity index (χ3v) is 6.68. The van der Waals surface area contributed by atoms with E-state index >= 15 is 0 Å². The van der Waals surface area contributed by atoms with E-state index in [1.165, 1.54) is 18.9 Å². The highest BCUT2D eigenvalue weighted by Gasteiger charge is 2.19. The molecule has 4 rings (SSSR count). The molecule has 0 bridgehead atoms. The number of nitrogens with zero attached hydrogens (tertiary/aromatic N) is 3. The zero-order valence-corrected chi connectivity index (χ0v) is 21.2. The molecular weight excluding hydrogens is 488 g/mol. The number of aromatic nitrogens is 3. The molecule has 8 nitrogen and oxygen atoms in total. The SMILES string of the molecule is COCCn1c(SCC(=O)Nc2ccc(OC)c(Cl)c2)nc2c(-c3ccccc3)cn(C)c2c1=O. The van der Waals surface area contributed by atoms with Crippen LogP contribution in [0, 0.1) is 0 Å². The summed E-state index contributed by atoms with van der Waals surface area (Å²) in [6, 6.07) is 14.8. The van der Waals surface area contributed by atoms with E-state index in [2.05, 4.69) is 5.32 Å². The predicted octanol–water partition coefficient (Wildman–Crippen LogP) is 4.44. The van der Waals surface area contributed by atoms with Gasteiger partial charge in [-0.1, -0.05) is 53.7 Å². The Morgan fingerprint density at radius 1 is 1.17 bits per heavy atom. The number of rotatable bonds is 9. The molecule has 1 amide bonds. The number of benzene rings is 2. The minimum Gasteiger partial charge on any atom is -0.495 e. The third-order valence-electron chi connectivity index (χ3n) is 5.41. The monoisotopic (exact) mass is 512 g/mol. The van der Waals surface area contributed by atoms with Gasteiger partial charge in [0, 0.05) is 31.6 Å². The van der Waals surface area contributed by atoms with E-state index in [9.17, 15) is 9.59 Å². The first-order valence-corrected chi connectivity index (χ1v) is 12.2. The predicted molar refractivity (Wildman–Crippen MR) is 140 cm³/mol. The molecule has 0 fully saturated rings. The van der Waals surface area contributed by atoms with Crippen LogP contribution < -0.4 is 15.6 Å². The maximum atomic E-state index is 13.5. The number of anilines is 1. The lowest BCUT2D eigenvalue weighted by atomic mass is 10.1. The number of hydrogen-bond donors (Lipinski definition) is 1. The zero-order chi connectivity index (χ0) is 24.9. The normalized spacial score (nSPS) is 11.1. The fourth-order valence-corrected chi connectivity index (χ4v) is 4.82. The molecule has 0 aliphatic rings. The highest BCUT2D eigenvalue weighted by molar-refractivity contribution is 7.99. The number of carbonyl (C=O) groups excluding carboxylic acids is 1. The summed E-state index contributed by atoms with van der Waals surface area (Å²) in [5.74, 6) is 0.332. The molecule has 0 atom stereocenters. The number of fused-ring (bicyclic) bond motifs is 1. The molecule has 10 heteroatoms. The first-order chi connectivity index (χ1) is 16.9. The van der Waals surface area contributed by atoms with Crippen LogP contribution in [0.5, 0.6) is 5.75 Å². The van der Waals surface area contributed by atoms with Crippen molar-refractivity contribution in [3.8, 4) is 16.9 Å². The van der Waals surface area contributed by atoms with Gasteiger partial charge in [0.15, 0.2) is 5.16 Å². The Balaban J connectivity index is 1.65. The number of aryl methyl sites for hydroxylation is 1.